The second kappa shape index (κ2) is 6.12. The highest BCUT2D eigenvalue weighted by molar-refractivity contribution is 7.89. The van der Waals surface area contributed by atoms with Crippen molar-refractivity contribution in [1.82, 2.24) is 19.8 Å². The molecule has 8 nitrogen and oxygen atoms in total. The molecule has 0 aliphatic carbocycles. The van der Waals surface area contributed by atoms with Crippen LogP contribution in [0.15, 0.2) is 4.90 Å². The fraction of sp³-hybridized carbons (Fsp3) is 0.667. The van der Waals surface area contributed by atoms with Gasteiger partial charge in [0.05, 0.1) is 5.69 Å². The van der Waals surface area contributed by atoms with Gasteiger partial charge in [-0.25, -0.2) is 17.9 Å². The number of aromatic carboxylic acids is 1. The lowest BCUT2D eigenvalue weighted by Crippen LogP contribution is -2.37. The summed E-state index contributed by atoms with van der Waals surface area (Å²) in [5.41, 5.74) is -0.244. The number of nitrogens with zero attached hydrogens (tertiary/aromatic N) is 2. The van der Waals surface area contributed by atoms with Gasteiger partial charge in [-0.1, -0.05) is 0 Å². The number of likely N-dealkylation sites (tertiary alicyclic amines) is 1. The van der Waals surface area contributed by atoms with Gasteiger partial charge in [0, 0.05) is 6.54 Å². The molecule has 0 saturated carbocycles. The van der Waals surface area contributed by atoms with Gasteiger partial charge < -0.3 is 10.0 Å². The number of aryl methyl sites for hydroxylation is 1. The smallest absolute Gasteiger partial charge is 0.357 e. The van der Waals surface area contributed by atoms with Crippen LogP contribution in [0.5, 0.6) is 0 Å². The molecule has 0 radical (unpaired) electrons. The molecule has 1 fully saturated rings. The normalized spacial score (nSPS) is 18.0. The van der Waals surface area contributed by atoms with Crippen molar-refractivity contribution >= 4 is 16.0 Å². The van der Waals surface area contributed by atoms with E-state index in [0.717, 1.165) is 25.9 Å². The Hall–Kier alpha value is -1.45. The van der Waals surface area contributed by atoms with Crippen molar-refractivity contribution < 1.29 is 18.3 Å². The number of sulfonamides is 1. The Balaban J connectivity index is 2.09. The van der Waals surface area contributed by atoms with Gasteiger partial charge in [0.2, 0.25) is 10.0 Å². The molecule has 2 rings (SSSR count). The lowest BCUT2D eigenvalue weighted by atomic mass is 9.98. The van der Waals surface area contributed by atoms with Crippen LogP contribution in [0, 0.1) is 12.8 Å². The van der Waals surface area contributed by atoms with Crippen molar-refractivity contribution in [3.63, 3.8) is 0 Å². The zero-order valence-electron chi connectivity index (χ0n) is 12.1. The van der Waals surface area contributed by atoms with Crippen LogP contribution < -0.4 is 4.72 Å². The molecule has 1 aliphatic rings. The van der Waals surface area contributed by atoms with Crippen LogP contribution in [0.4, 0.5) is 0 Å². The van der Waals surface area contributed by atoms with Crippen LogP contribution in [0.1, 0.15) is 29.0 Å². The quantitative estimate of drug-likeness (QED) is 0.706. The summed E-state index contributed by atoms with van der Waals surface area (Å²) in [5.74, 6) is -1.09. The van der Waals surface area contributed by atoms with Crippen molar-refractivity contribution in [2.24, 2.45) is 5.92 Å². The number of carbonyl (C=O) groups is 1. The number of carboxylic acids is 1. The lowest BCUT2D eigenvalue weighted by Gasteiger charge is -2.28. The van der Waals surface area contributed by atoms with E-state index in [-0.39, 0.29) is 16.5 Å². The average molecular weight is 316 g/mol. The van der Waals surface area contributed by atoms with Crippen LogP contribution in [0.2, 0.25) is 0 Å². The van der Waals surface area contributed by atoms with Crippen LogP contribution >= 0.6 is 0 Å². The molecule has 0 atom stereocenters. The number of nitrogens with one attached hydrogen (secondary N) is 2. The topological polar surface area (TPSA) is 115 Å². The maximum absolute atomic E-state index is 12.3. The molecule has 0 bridgehead atoms. The standard InChI is InChI=1S/C12H20N4O4S/c1-8-11(10(12(17)18)15-14-8)21(19,20)13-7-9-3-5-16(2)6-4-9/h9,13H,3-7H2,1-2H3,(H,14,15)(H,17,18). The number of hydrogen-bond donors (Lipinski definition) is 3. The maximum atomic E-state index is 12.3. The third kappa shape index (κ3) is 3.60. The minimum atomic E-state index is -3.87. The summed E-state index contributed by atoms with van der Waals surface area (Å²) in [6, 6.07) is 0. The molecular formula is C12H20N4O4S. The number of aromatic amines is 1. The van der Waals surface area contributed by atoms with Crippen LogP contribution in [0.25, 0.3) is 0 Å². The highest BCUT2D eigenvalue weighted by Crippen LogP contribution is 2.19. The molecule has 1 aromatic rings. The predicted octanol–water partition coefficient (Wildman–Crippen LogP) is 0.0364. The summed E-state index contributed by atoms with van der Waals surface area (Å²) in [7, 11) is -1.84. The van der Waals surface area contributed by atoms with Crippen molar-refractivity contribution in [3.05, 3.63) is 11.4 Å². The molecule has 1 saturated heterocycles. The largest absolute Gasteiger partial charge is 0.476 e. The summed E-state index contributed by atoms with van der Waals surface area (Å²) in [6.07, 6.45) is 1.85. The van der Waals surface area contributed by atoms with Gasteiger partial charge >= 0.3 is 5.97 Å². The Bertz CT molecular complexity index is 617. The van der Waals surface area contributed by atoms with Crippen LogP contribution in [-0.4, -0.2) is 61.3 Å². The summed E-state index contributed by atoms with van der Waals surface area (Å²) < 4.78 is 27.1. The molecule has 3 N–H and O–H groups in total. The van der Waals surface area contributed by atoms with Gasteiger partial charge in [0.15, 0.2) is 5.69 Å². The summed E-state index contributed by atoms with van der Waals surface area (Å²) in [4.78, 5) is 13.0. The number of hydrogen-bond acceptors (Lipinski definition) is 5. The molecule has 118 valence electrons. The van der Waals surface area contributed by atoms with E-state index >= 15 is 0 Å². The molecule has 0 spiro atoms. The minimum absolute atomic E-state index is 0.225. The fourth-order valence-corrected chi connectivity index (χ4v) is 3.89. The minimum Gasteiger partial charge on any atom is -0.476 e. The van der Waals surface area contributed by atoms with Gasteiger partial charge in [-0.3, -0.25) is 5.10 Å². The van der Waals surface area contributed by atoms with E-state index in [9.17, 15) is 13.2 Å². The first-order chi connectivity index (χ1) is 9.81. The second-order valence-corrected chi connectivity index (χ2v) is 7.13. The molecular weight excluding hydrogens is 296 g/mol. The Morgan fingerprint density at radius 1 is 1.48 bits per heavy atom. The van der Waals surface area contributed by atoms with E-state index in [1.54, 1.807) is 0 Å². The first kappa shape index (κ1) is 15.9. The van der Waals surface area contributed by atoms with Crippen molar-refractivity contribution in [3.8, 4) is 0 Å². The third-order valence-electron chi connectivity index (χ3n) is 3.76. The molecule has 1 aliphatic heterocycles. The van der Waals surface area contributed by atoms with Gasteiger partial charge in [0.1, 0.15) is 4.90 Å². The van der Waals surface area contributed by atoms with Gasteiger partial charge in [0.25, 0.3) is 0 Å². The number of piperidine rings is 1. The fourth-order valence-electron chi connectivity index (χ4n) is 2.46. The molecule has 1 aromatic heterocycles. The molecule has 0 aromatic carbocycles. The Labute approximate surface area is 123 Å². The number of carboxylic acid groups (broad SMARTS) is 1. The summed E-state index contributed by atoms with van der Waals surface area (Å²) >= 11 is 0. The number of H-pyrrole nitrogens is 1. The third-order valence-corrected chi connectivity index (χ3v) is 5.35. The molecule has 21 heavy (non-hydrogen) atoms. The van der Waals surface area contributed by atoms with E-state index in [0.29, 0.717) is 6.54 Å². The number of rotatable bonds is 5. The van der Waals surface area contributed by atoms with E-state index in [2.05, 4.69) is 19.8 Å². The van der Waals surface area contributed by atoms with E-state index < -0.39 is 21.7 Å². The summed E-state index contributed by atoms with van der Waals surface area (Å²) in [6.45, 7) is 3.69. The van der Waals surface area contributed by atoms with Crippen molar-refractivity contribution in [2.75, 3.05) is 26.7 Å². The Morgan fingerprint density at radius 3 is 2.67 bits per heavy atom. The van der Waals surface area contributed by atoms with Gasteiger partial charge in [-0.2, -0.15) is 5.10 Å². The first-order valence-corrected chi connectivity index (χ1v) is 8.26. The van der Waals surface area contributed by atoms with E-state index in [1.165, 1.54) is 6.92 Å². The van der Waals surface area contributed by atoms with Gasteiger partial charge in [-0.15, -0.1) is 0 Å². The van der Waals surface area contributed by atoms with E-state index in [1.807, 2.05) is 7.05 Å². The summed E-state index contributed by atoms with van der Waals surface area (Å²) in [5, 5.41) is 15.0. The first-order valence-electron chi connectivity index (χ1n) is 6.77. The SMILES string of the molecule is Cc1[nH]nc(C(=O)O)c1S(=O)(=O)NCC1CCN(C)CC1. The predicted molar refractivity (Wildman–Crippen MR) is 75.7 cm³/mol. The second-order valence-electron chi connectivity index (χ2n) is 5.43. The highest BCUT2D eigenvalue weighted by Gasteiger charge is 2.29. The number of aromatic nitrogens is 2. The zero-order valence-corrected chi connectivity index (χ0v) is 12.9. The maximum Gasteiger partial charge on any atom is 0.357 e. The lowest BCUT2D eigenvalue weighted by molar-refractivity contribution is 0.0686. The highest BCUT2D eigenvalue weighted by atomic mass is 32.2. The van der Waals surface area contributed by atoms with Crippen LogP contribution in [-0.2, 0) is 10.0 Å². The Kier molecular flexibility index (Phi) is 4.64. The molecule has 0 amide bonds. The van der Waals surface area contributed by atoms with Crippen molar-refractivity contribution in [2.45, 2.75) is 24.7 Å². The monoisotopic (exact) mass is 316 g/mol. The van der Waals surface area contributed by atoms with Crippen molar-refractivity contribution in [1.29, 1.82) is 0 Å². The molecule has 2 heterocycles. The van der Waals surface area contributed by atoms with Gasteiger partial charge in [-0.05, 0) is 45.8 Å². The Morgan fingerprint density at radius 2 is 2.10 bits per heavy atom. The van der Waals surface area contributed by atoms with E-state index in [4.69, 9.17) is 5.11 Å². The van der Waals surface area contributed by atoms with Crippen LogP contribution in [0.3, 0.4) is 0 Å². The molecule has 9 heteroatoms. The zero-order chi connectivity index (χ0) is 15.6. The molecule has 0 unspecified atom stereocenters. The average Bonchev–Trinajstić information content (AvgIpc) is 2.81.